The second kappa shape index (κ2) is 8.37. The standard InChI is InChI=1S/C22H28N2O2/c1-22(2,18-11-7-4-8-12-18)16-23-19-13-20(14-19)24-21(25)26-15-17-9-5-3-6-10-17/h3-12,19-20,23H,13-16H2,1-2H3,(H,24,25). The molecule has 4 nitrogen and oxygen atoms in total. The number of benzene rings is 2. The molecule has 1 aliphatic rings. The van der Waals surface area contributed by atoms with Crippen molar-refractivity contribution in [2.45, 2.75) is 50.8 Å². The van der Waals surface area contributed by atoms with E-state index in [9.17, 15) is 4.79 Å². The number of carbonyl (C=O) groups is 1. The predicted octanol–water partition coefficient (Wildman–Crippen LogP) is 4.01. The predicted molar refractivity (Wildman–Crippen MR) is 104 cm³/mol. The van der Waals surface area contributed by atoms with Crippen LogP contribution in [0.15, 0.2) is 60.7 Å². The summed E-state index contributed by atoms with van der Waals surface area (Å²) in [5, 5.41) is 6.57. The van der Waals surface area contributed by atoms with E-state index in [2.05, 4.69) is 48.7 Å². The normalized spacial score (nSPS) is 19.5. The SMILES string of the molecule is CC(C)(CNC1CC(NC(=O)OCc2ccccc2)C1)c1ccccc1. The van der Waals surface area contributed by atoms with Gasteiger partial charge in [0.05, 0.1) is 0 Å². The van der Waals surface area contributed by atoms with E-state index in [1.54, 1.807) is 0 Å². The van der Waals surface area contributed by atoms with Crippen molar-refractivity contribution in [1.82, 2.24) is 10.6 Å². The first-order valence-corrected chi connectivity index (χ1v) is 9.29. The number of amides is 1. The maximum atomic E-state index is 11.9. The lowest BCUT2D eigenvalue weighted by atomic mass is 9.82. The molecule has 1 saturated carbocycles. The van der Waals surface area contributed by atoms with Crippen LogP contribution in [0.4, 0.5) is 4.79 Å². The monoisotopic (exact) mass is 352 g/mol. The molecule has 0 bridgehead atoms. The molecule has 3 rings (SSSR count). The third-order valence-electron chi connectivity index (χ3n) is 5.06. The summed E-state index contributed by atoms with van der Waals surface area (Å²) in [5.74, 6) is 0. The number of alkyl carbamates (subject to hydrolysis) is 1. The highest BCUT2D eigenvalue weighted by Gasteiger charge is 2.32. The molecule has 1 amide bonds. The maximum absolute atomic E-state index is 11.9. The van der Waals surface area contributed by atoms with E-state index in [1.807, 2.05) is 36.4 Å². The molecule has 26 heavy (non-hydrogen) atoms. The van der Waals surface area contributed by atoms with Gasteiger partial charge in [0.1, 0.15) is 6.61 Å². The lowest BCUT2D eigenvalue weighted by Crippen LogP contribution is -2.54. The number of ether oxygens (including phenoxy) is 1. The van der Waals surface area contributed by atoms with Crippen LogP contribution in [0.5, 0.6) is 0 Å². The van der Waals surface area contributed by atoms with Crippen LogP contribution in [0.2, 0.25) is 0 Å². The van der Waals surface area contributed by atoms with Gasteiger partial charge in [-0.1, -0.05) is 74.5 Å². The molecule has 138 valence electrons. The number of rotatable bonds is 7. The zero-order valence-electron chi connectivity index (χ0n) is 15.6. The zero-order chi connectivity index (χ0) is 18.4. The van der Waals surface area contributed by atoms with E-state index >= 15 is 0 Å². The zero-order valence-corrected chi connectivity index (χ0v) is 15.6. The highest BCUT2D eigenvalue weighted by atomic mass is 16.5. The van der Waals surface area contributed by atoms with Gasteiger partial charge in [0.2, 0.25) is 0 Å². The van der Waals surface area contributed by atoms with Gasteiger partial charge in [-0.15, -0.1) is 0 Å². The summed E-state index contributed by atoms with van der Waals surface area (Å²) in [6, 6.07) is 21.0. The van der Waals surface area contributed by atoms with Gasteiger partial charge >= 0.3 is 6.09 Å². The number of hydrogen-bond acceptors (Lipinski definition) is 3. The van der Waals surface area contributed by atoms with Crippen LogP contribution >= 0.6 is 0 Å². The molecule has 4 heteroatoms. The fourth-order valence-corrected chi connectivity index (χ4v) is 3.22. The van der Waals surface area contributed by atoms with Gasteiger partial charge < -0.3 is 15.4 Å². The van der Waals surface area contributed by atoms with Crippen LogP contribution in [-0.2, 0) is 16.8 Å². The topological polar surface area (TPSA) is 50.4 Å². The highest BCUT2D eigenvalue weighted by molar-refractivity contribution is 5.67. The van der Waals surface area contributed by atoms with Crippen LogP contribution in [0.25, 0.3) is 0 Å². The minimum Gasteiger partial charge on any atom is -0.445 e. The molecule has 2 aromatic rings. The number of hydrogen-bond donors (Lipinski definition) is 2. The summed E-state index contributed by atoms with van der Waals surface area (Å²) in [6.45, 7) is 5.74. The maximum Gasteiger partial charge on any atom is 0.407 e. The minimum absolute atomic E-state index is 0.0917. The first kappa shape index (κ1) is 18.5. The molecule has 2 N–H and O–H groups in total. The van der Waals surface area contributed by atoms with Gasteiger partial charge in [0.15, 0.2) is 0 Å². The largest absolute Gasteiger partial charge is 0.445 e. The van der Waals surface area contributed by atoms with Crippen molar-refractivity contribution in [3.05, 3.63) is 71.8 Å². The Balaban J connectivity index is 1.33. The summed E-state index contributed by atoms with van der Waals surface area (Å²) in [4.78, 5) is 11.9. The van der Waals surface area contributed by atoms with E-state index in [4.69, 9.17) is 4.74 Å². The van der Waals surface area contributed by atoms with Crippen molar-refractivity contribution >= 4 is 6.09 Å². The summed E-state index contributed by atoms with van der Waals surface area (Å²) in [6.07, 6.45) is 1.57. The van der Waals surface area contributed by atoms with E-state index < -0.39 is 0 Å². The molecule has 2 aromatic carbocycles. The van der Waals surface area contributed by atoms with E-state index in [0.29, 0.717) is 12.6 Å². The molecule has 0 aliphatic heterocycles. The number of nitrogens with one attached hydrogen (secondary N) is 2. The van der Waals surface area contributed by atoms with Crippen LogP contribution in [-0.4, -0.2) is 24.7 Å². The Hall–Kier alpha value is -2.33. The molecule has 0 atom stereocenters. The van der Waals surface area contributed by atoms with E-state index in [1.165, 1.54) is 5.56 Å². The van der Waals surface area contributed by atoms with Crippen LogP contribution in [0.1, 0.15) is 37.8 Å². The third kappa shape index (κ3) is 5.09. The Labute approximate surface area is 156 Å². The molecule has 0 heterocycles. The lowest BCUT2D eigenvalue weighted by molar-refractivity contribution is 0.125. The quantitative estimate of drug-likeness (QED) is 0.791. The average molecular weight is 352 g/mol. The van der Waals surface area contributed by atoms with Crippen molar-refractivity contribution in [3.8, 4) is 0 Å². The van der Waals surface area contributed by atoms with Crippen molar-refractivity contribution in [1.29, 1.82) is 0 Å². The first-order valence-electron chi connectivity index (χ1n) is 9.29. The Morgan fingerprint density at radius 2 is 1.62 bits per heavy atom. The molecule has 0 saturated heterocycles. The average Bonchev–Trinajstić information content (AvgIpc) is 2.63. The van der Waals surface area contributed by atoms with Gasteiger partial charge in [-0.2, -0.15) is 0 Å². The third-order valence-corrected chi connectivity index (χ3v) is 5.06. The second-order valence-corrected chi connectivity index (χ2v) is 7.70. The van der Waals surface area contributed by atoms with E-state index in [-0.39, 0.29) is 17.6 Å². The Morgan fingerprint density at radius 1 is 1.00 bits per heavy atom. The highest BCUT2D eigenvalue weighted by Crippen LogP contribution is 2.25. The van der Waals surface area contributed by atoms with Crippen LogP contribution in [0, 0.1) is 0 Å². The van der Waals surface area contributed by atoms with Crippen molar-refractivity contribution < 1.29 is 9.53 Å². The van der Waals surface area contributed by atoms with E-state index in [0.717, 1.165) is 24.9 Å². The molecule has 0 radical (unpaired) electrons. The summed E-state index contributed by atoms with van der Waals surface area (Å²) < 4.78 is 5.27. The molecular weight excluding hydrogens is 324 g/mol. The first-order chi connectivity index (χ1) is 12.5. The molecule has 1 fully saturated rings. The van der Waals surface area contributed by atoms with Gasteiger partial charge in [-0.05, 0) is 24.0 Å². The van der Waals surface area contributed by atoms with Crippen LogP contribution in [0.3, 0.4) is 0 Å². The Morgan fingerprint density at radius 3 is 2.27 bits per heavy atom. The summed E-state index contributed by atoms with van der Waals surface area (Å²) in [7, 11) is 0. The summed E-state index contributed by atoms with van der Waals surface area (Å²) >= 11 is 0. The van der Waals surface area contributed by atoms with Gasteiger partial charge in [-0.25, -0.2) is 4.79 Å². The summed E-state index contributed by atoms with van der Waals surface area (Å²) in [5.41, 5.74) is 2.43. The number of carbonyl (C=O) groups excluding carboxylic acids is 1. The van der Waals surface area contributed by atoms with Crippen molar-refractivity contribution in [2.75, 3.05) is 6.54 Å². The molecule has 1 aliphatic carbocycles. The molecule has 0 unspecified atom stereocenters. The molecule has 0 spiro atoms. The Bertz CT molecular complexity index is 695. The fourth-order valence-electron chi connectivity index (χ4n) is 3.22. The fraction of sp³-hybridized carbons (Fsp3) is 0.409. The van der Waals surface area contributed by atoms with Crippen molar-refractivity contribution in [2.24, 2.45) is 0 Å². The molecule has 0 aromatic heterocycles. The second-order valence-electron chi connectivity index (χ2n) is 7.70. The van der Waals surface area contributed by atoms with Crippen molar-refractivity contribution in [3.63, 3.8) is 0 Å². The molecular formula is C22H28N2O2. The minimum atomic E-state index is -0.332. The lowest BCUT2D eigenvalue weighted by Gasteiger charge is -2.38. The van der Waals surface area contributed by atoms with Crippen LogP contribution < -0.4 is 10.6 Å². The smallest absolute Gasteiger partial charge is 0.407 e. The Kier molecular flexibility index (Phi) is 5.94. The van der Waals surface area contributed by atoms with Gasteiger partial charge in [0.25, 0.3) is 0 Å². The van der Waals surface area contributed by atoms with Gasteiger partial charge in [-0.3, -0.25) is 0 Å². The van der Waals surface area contributed by atoms with Gasteiger partial charge in [0, 0.05) is 24.0 Å².